The number of hydrogen-bond acceptors (Lipinski definition) is 19. The van der Waals surface area contributed by atoms with Gasteiger partial charge in [-0.15, -0.1) is 0 Å². The van der Waals surface area contributed by atoms with Crippen molar-refractivity contribution in [2.45, 2.75) is 106 Å². The summed E-state index contributed by atoms with van der Waals surface area (Å²) in [6.07, 6.45) is 8.08. The first-order valence-electron chi connectivity index (χ1n) is 24.3. The molecule has 0 radical (unpaired) electrons. The number of amides is 1. The van der Waals surface area contributed by atoms with Gasteiger partial charge < -0.3 is 38.9 Å². The maximum atomic E-state index is 12.6. The molecular weight excluding hydrogens is 1180 g/mol. The number of hydroxylamine groups is 1. The van der Waals surface area contributed by atoms with E-state index in [1.807, 2.05) is 70.0 Å². The molecular formula is C47H60N5O22P3S3. The number of thioether (sulfide) groups is 1. The van der Waals surface area contributed by atoms with E-state index in [1.165, 1.54) is 24.3 Å². The zero-order valence-corrected chi connectivity index (χ0v) is 48.7. The fourth-order valence-electron chi connectivity index (χ4n) is 9.11. The van der Waals surface area contributed by atoms with Crippen LogP contribution in [0.25, 0.3) is 0 Å². The Labute approximate surface area is 464 Å². The molecule has 1 aromatic heterocycles. The van der Waals surface area contributed by atoms with Crippen molar-refractivity contribution in [3.8, 4) is 11.8 Å². The highest BCUT2D eigenvalue weighted by molar-refractivity contribution is 7.99. The Morgan fingerprint density at radius 3 is 2.31 bits per heavy atom. The van der Waals surface area contributed by atoms with Gasteiger partial charge in [-0.1, -0.05) is 43.9 Å². The number of allylic oxidation sites excluding steroid dienone is 6. The Morgan fingerprint density at radius 2 is 1.64 bits per heavy atom. The number of aromatic amines is 1. The molecule has 0 saturated carbocycles. The molecule has 2 unspecified atom stereocenters. The highest BCUT2D eigenvalue weighted by atomic mass is 32.2. The van der Waals surface area contributed by atoms with Crippen molar-refractivity contribution < 1.29 is 96.4 Å². The molecule has 3 aliphatic heterocycles. The second kappa shape index (κ2) is 25.8. The van der Waals surface area contributed by atoms with E-state index < -0.39 is 96.7 Å². The molecule has 2 aromatic carbocycles. The Hall–Kier alpha value is -4.70. The van der Waals surface area contributed by atoms with E-state index in [2.05, 4.69) is 39.9 Å². The minimum atomic E-state index is -5.80. The van der Waals surface area contributed by atoms with Gasteiger partial charge in [0.05, 0.1) is 27.9 Å². The van der Waals surface area contributed by atoms with E-state index in [4.69, 9.17) is 19.4 Å². The molecule has 1 amide bonds. The quantitative estimate of drug-likeness (QED) is 0.0112. The van der Waals surface area contributed by atoms with Gasteiger partial charge in [0, 0.05) is 66.5 Å². The summed E-state index contributed by atoms with van der Waals surface area (Å²) < 4.78 is 124. The number of aromatic nitrogens is 2. The third-order valence-electron chi connectivity index (χ3n) is 12.8. The lowest BCUT2D eigenvalue weighted by Crippen LogP contribution is -2.33. The van der Waals surface area contributed by atoms with Crippen molar-refractivity contribution in [3.63, 3.8) is 0 Å². The van der Waals surface area contributed by atoms with Gasteiger partial charge in [-0.25, -0.2) is 32.4 Å². The number of H-pyrrole nitrogens is 1. The molecule has 1 saturated heterocycles. The molecule has 3 aromatic rings. The van der Waals surface area contributed by atoms with Gasteiger partial charge in [-0.3, -0.25) is 33.1 Å². The maximum Gasteiger partial charge on any atom is 0.490 e. The number of fused-ring (bicyclic) bond motifs is 2. The van der Waals surface area contributed by atoms with E-state index in [1.54, 1.807) is 23.9 Å². The van der Waals surface area contributed by atoms with Crippen LogP contribution in [0.3, 0.4) is 0 Å². The number of aliphatic hydroxyl groups excluding tert-OH is 1. The number of phosphoric ester groups is 1. The summed E-state index contributed by atoms with van der Waals surface area (Å²) in [7, 11) is -26.1. The van der Waals surface area contributed by atoms with Crippen LogP contribution in [0.1, 0.15) is 89.6 Å². The molecule has 0 bridgehead atoms. The standard InChI is InChI=1S/C47H60N5O22P3S3/c1-6-50-36-20-18-32(79(64,65)66)26-34(36)46(2,3)40(50)15-8-7-9-16-41-47(4,5)35-27-33(80(67,68)69)19-21-37(35)51(41)22-13-25-78-24-11-10-17-42(54)49-70-23-12-14-31-29-52(45(56)48-44(31)55)43-28-38(53)39(72-43)30-71-76(60,61)74-77(62,63)73-75(57,58)59/h7-9,15-16,18-21,26-27,29,38-39,43,53H,6,10-11,13,17,22-25,28,30H2,1-5H3,(H7-,48,49,54,55,56,57,58,59,60,61,62,63,64,65,66,67,68,69)/t38-,39+,43+/m0/s1. The fourth-order valence-corrected chi connectivity index (χ4v) is 14.1. The molecule has 27 nitrogen and oxygen atoms in total. The smallest absolute Gasteiger partial charge is 0.490 e. The van der Waals surface area contributed by atoms with Gasteiger partial charge >= 0.3 is 29.2 Å². The number of nitrogens with zero attached hydrogens (tertiary/aromatic N) is 3. The van der Waals surface area contributed by atoms with Crippen molar-refractivity contribution in [3.05, 3.63) is 116 Å². The van der Waals surface area contributed by atoms with Crippen LogP contribution in [0.15, 0.2) is 98.1 Å². The lowest BCUT2D eigenvalue weighted by Gasteiger charge is -2.25. The first kappa shape index (κ1) is 64.5. The number of carbonyl (C=O) groups is 1. The van der Waals surface area contributed by atoms with Gasteiger partial charge in [0.1, 0.15) is 41.2 Å². The number of aliphatic hydroxyl groups is 1. The van der Waals surface area contributed by atoms with Gasteiger partial charge in [0.2, 0.25) is 11.6 Å². The van der Waals surface area contributed by atoms with Gasteiger partial charge in [0.25, 0.3) is 15.7 Å². The Kier molecular flexibility index (Phi) is 20.8. The van der Waals surface area contributed by atoms with E-state index in [0.29, 0.717) is 25.9 Å². The number of unbranched alkanes of at least 4 members (excludes halogenated alkanes) is 1. The molecule has 5 atom stereocenters. The van der Waals surface area contributed by atoms with Crippen molar-refractivity contribution >= 4 is 78.5 Å². The summed E-state index contributed by atoms with van der Waals surface area (Å²) in [5.41, 5.74) is 3.73. The number of anilines is 1. The van der Waals surface area contributed by atoms with Crippen LogP contribution in [0.4, 0.5) is 11.4 Å². The average molecular weight is 1240 g/mol. The van der Waals surface area contributed by atoms with E-state index >= 15 is 0 Å². The van der Waals surface area contributed by atoms with Crippen LogP contribution < -0.4 is 21.6 Å². The first-order chi connectivity index (χ1) is 37.1. The largest absolute Gasteiger partial charge is 0.744 e. The van der Waals surface area contributed by atoms with E-state index in [9.17, 15) is 68.9 Å². The number of nitrogens with one attached hydrogen (secondary N) is 2. The van der Waals surface area contributed by atoms with Crippen molar-refractivity contribution in [2.75, 3.05) is 42.7 Å². The molecule has 1 fully saturated rings. The van der Waals surface area contributed by atoms with Gasteiger partial charge in [0.15, 0.2) is 5.71 Å². The number of ether oxygens (including phenoxy) is 1. The highest BCUT2D eigenvalue weighted by Gasteiger charge is 2.46. The average Bonchev–Trinajstić information content (AvgIpc) is 3.89. The van der Waals surface area contributed by atoms with Crippen LogP contribution in [-0.4, -0.2) is 126 Å². The molecule has 80 heavy (non-hydrogen) atoms. The number of rotatable bonds is 25. The number of likely N-dealkylation sites (N-methyl/N-ethyl adjacent to an activating group) is 1. The van der Waals surface area contributed by atoms with Gasteiger partial charge in [-0.2, -0.15) is 33.4 Å². The lowest BCUT2D eigenvalue weighted by molar-refractivity contribution is -0.437. The monoisotopic (exact) mass is 1240 g/mol. The zero-order valence-electron chi connectivity index (χ0n) is 43.6. The highest BCUT2D eigenvalue weighted by Crippen LogP contribution is 2.66. The number of phosphoric acid groups is 3. The summed E-state index contributed by atoms with van der Waals surface area (Å²) in [6, 6.07) is 8.97. The Balaban J connectivity index is 0.963. The first-order valence-corrected chi connectivity index (χ1v) is 32.8. The Bertz CT molecular complexity index is 3560. The zero-order chi connectivity index (χ0) is 59.2. The Morgan fingerprint density at radius 1 is 0.950 bits per heavy atom. The SMILES string of the molecule is CCN1/C(=C/C=C/C=C/C2=[N+](CCCSCCCCC(=O)NOCC#Cc3cn([C@H]4C[C@H](O)[C@@H](COP(=O)(O)OP(=O)(O)OP(=O)(O)O)O4)c(=O)[nH]c3=O)c3ccc(S(=O)(=O)O)cc3C2(C)C)C(C)(C)c2cc(S(=O)(=O)[O-])ccc21. The molecule has 438 valence electrons. The third kappa shape index (κ3) is 16.5. The van der Waals surface area contributed by atoms with Gasteiger partial charge in [-0.05, 0) is 87.1 Å². The second-order valence-corrected chi connectivity index (χ2v) is 27.6. The summed E-state index contributed by atoms with van der Waals surface area (Å²) in [5.74, 6) is 6.09. The summed E-state index contributed by atoms with van der Waals surface area (Å²) in [4.78, 5) is 82.6. The number of benzene rings is 2. The van der Waals surface area contributed by atoms with E-state index in [0.717, 1.165) is 62.6 Å². The summed E-state index contributed by atoms with van der Waals surface area (Å²) in [6.45, 7) is 9.67. The topological polar surface area (TPSA) is 400 Å². The molecule has 33 heteroatoms. The van der Waals surface area contributed by atoms with Crippen LogP contribution in [0.5, 0.6) is 0 Å². The van der Waals surface area contributed by atoms with Crippen LogP contribution in [0, 0.1) is 11.8 Å². The van der Waals surface area contributed by atoms with Crippen LogP contribution >= 0.6 is 35.2 Å². The van der Waals surface area contributed by atoms with Crippen molar-refractivity contribution in [2.24, 2.45) is 0 Å². The second-order valence-electron chi connectivity index (χ2n) is 19.2. The third-order valence-corrected chi connectivity index (χ3v) is 19.5. The van der Waals surface area contributed by atoms with Crippen LogP contribution in [0.2, 0.25) is 0 Å². The number of carbonyl (C=O) groups excluding carboxylic acids is 1. The normalized spacial score (nSPS) is 20.9. The molecule has 4 heterocycles. The summed E-state index contributed by atoms with van der Waals surface area (Å²) in [5, 5.41) is 10.4. The number of hydrogen-bond donors (Lipinski definition) is 8. The van der Waals surface area contributed by atoms with Crippen molar-refractivity contribution in [1.29, 1.82) is 0 Å². The lowest BCUT2D eigenvalue weighted by atomic mass is 9.81. The minimum Gasteiger partial charge on any atom is -0.744 e. The molecule has 8 N–H and O–H groups in total. The predicted molar refractivity (Wildman–Crippen MR) is 288 cm³/mol. The minimum absolute atomic E-state index is 0.132. The molecule has 0 spiro atoms. The summed E-state index contributed by atoms with van der Waals surface area (Å²) >= 11 is 1.70. The molecule has 0 aliphatic carbocycles. The molecule has 6 rings (SSSR count). The predicted octanol–water partition coefficient (Wildman–Crippen LogP) is 4.26. The fraction of sp³-hybridized carbons (Fsp3) is 0.447. The van der Waals surface area contributed by atoms with Crippen molar-refractivity contribution in [1.82, 2.24) is 15.0 Å². The van der Waals surface area contributed by atoms with E-state index in [-0.39, 0.29) is 34.8 Å². The van der Waals surface area contributed by atoms with Crippen LogP contribution in [-0.2, 0) is 72.3 Å². The molecule has 3 aliphatic rings. The maximum absolute atomic E-state index is 12.6.